The van der Waals surface area contributed by atoms with Crippen LogP contribution in [0.3, 0.4) is 0 Å². The molecule has 0 radical (unpaired) electrons. The van der Waals surface area contributed by atoms with Crippen molar-refractivity contribution in [2.24, 2.45) is 11.1 Å². The van der Waals surface area contributed by atoms with E-state index < -0.39 is 18.1 Å². The fourth-order valence-electron chi connectivity index (χ4n) is 5.40. The lowest BCUT2D eigenvalue weighted by atomic mass is 9.94. The van der Waals surface area contributed by atoms with E-state index in [2.05, 4.69) is 29.6 Å². The minimum absolute atomic E-state index is 0. The number of primary amides is 1. The molecule has 2 amide bonds. The van der Waals surface area contributed by atoms with E-state index in [-0.39, 0.29) is 30.2 Å². The van der Waals surface area contributed by atoms with Gasteiger partial charge in [0.2, 0.25) is 5.91 Å². The van der Waals surface area contributed by atoms with E-state index in [0.717, 1.165) is 32.4 Å². The van der Waals surface area contributed by atoms with E-state index in [9.17, 15) is 9.59 Å². The van der Waals surface area contributed by atoms with Gasteiger partial charge >= 0.3 is 0 Å². The summed E-state index contributed by atoms with van der Waals surface area (Å²) >= 11 is 6.49. The maximum atomic E-state index is 13.8. The van der Waals surface area contributed by atoms with Crippen molar-refractivity contribution in [3.63, 3.8) is 0 Å². The first-order chi connectivity index (χ1) is 21.1. The zero-order chi connectivity index (χ0) is 31.7. The van der Waals surface area contributed by atoms with Crippen LogP contribution in [0, 0.1) is 5.41 Å². The number of hydrogen-bond acceptors (Lipinski definition) is 6. The zero-order valence-corrected chi connectivity index (χ0v) is 28.1. The molecule has 0 aromatic heterocycles. The molecule has 8 nitrogen and oxygen atoms in total. The Morgan fingerprint density at radius 3 is 2.44 bits per heavy atom. The smallest absolute Gasteiger partial charge is 0.256 e. The number of carbonyl (C=O) groups excluding carboxylic acids is 2. The van der Waals surface area contributed by atoms with Gasteiger partial charge in [-0.25, -0.2) is 0 Å². The molecule has 0 unspecified atom stereocenters. The van der Waals surface area contributed by atoms with Crippen LogP contribution in [0.15, 0.2) is 66.7 Å². The molecule has 0 bridgehead atoms. The minimum Gasteiger partial charge on any atom is -0.492 e. The molecule has 1 aliphatic heterocycles. The number of nitrogens with one attached hydrogen (secondary N) is 1. The number of methoxy groups -OCH3 is 1. The molecule has 244 valence electrons. The van der Waals surface area contributed by atoms with Crippen LogP contribution in [0.2, 0.25) is 5.02 Å². The summed E-state index contributed by atoms with van der Waals surface area (Å²) in [7, 11) is 1.58. The van der Waals surface area contributed by atoms with Crippen molar-refractivity contribution in [2.45, 2.75) is 58.7 Å². The molecule has 3 N–H and O–H groups in total. The zero-order valence-electron chi connectivity index (χ0n) is 26.5. The molecular weight excluding hydrogens is 613 g/mol. The van der Waals surface area contributed by atoms with E-state index in [0.29, 0.717) is 46.5 Å². The molecule has 1 aliphatic rings. The van der Waals surface area contributed by atoms with Crippen LogP contribution >= 0.6 is 24.0 Å². The number of benzene rings is 3. The first kappa shape index (κ1) is 36.2. The molecule has 0 fully saturated rings. The fraction of sp³-hybridized carbons (Fsp3) is 0.429. The van der Waals surface area contributed by atoms with Crippen molar-refractivity contribution in [3.05, 3.63) is 88.4 Å². The normalized spacial score (nSPS) is 16.4. The number of ether oxygens (including phenoxy) is 3. The van der Waals surface area contributed by atoms with Crippen molar-refractivity contribution in [1.82, 2.24) is 5.32 Å². The van der Waals surface area contributed by atoms with Crippen LogP contribution in [0.1, 0.15) is 62.8 Å². The summed E-state index contributed by atoms with van der Waals surface area (Å²) < 4.78 is 18.5. The van der Waals surface area contributed by atoms with Crippen molar-refractivity contribution >= 4 is 41.5 Å². The van der Waals surface area contributed by atoms with Crippen molar-refractivity contribution in [2.75, 3.05) is 38.3 Å². The molecule has 2 atom stereocenters. The lowest BCUT2D eigenvalue weighted by molar-refractivity contribution is -0.137. The van der Waals surface area contributed by atoms with Gasteiger partial charge in [-0.3, -0.25) is 9.59 Å². The maximum Gasteiger partial charge on any atom is 0.256 e. The number of nitrogens with two attached hydrogens (primary N) is 1. The molecule has 0 spiro atoms. The highest BCUT2D eigenvalue weighted by molar-refractivity contribution is 6.30. The number of anilines is 1. The van der Waals surface area contributed by atoms with Gasteiger partial charge in [0, 0.05) is 28.4 Å². The first-order valence-electron chi connectivity index (χ1n) is 15.2. The summed E-state index contributed by atoms with van der Waals surface area (Å²) in [6.07, 6.45) is 0.814. The Balaban J connectivity index is 0.00000552. The van der Waals surface area contributed by atoms with Crippen LogP contribution < -0.4 is 25.4 Å². The average molecular weight is 659 g/mol. The third-order valence-electron chi connectivity index (χ3n) is 7.34. The number of aryl methyl sites for hydroxylation is 1. The van der Waals surface area contributed by atoms with Gasteiger partial charge in [0.1, 0.15) is 12.2 Å². The van der Waals surface area contributed by atoms with Gasteiger partial charge in [-0.1, -0.05) is 74.8 Å². The van der Waals surface area contributed by atoms with Gasteiger partial charge < -0.3 is 30.2 Å². The highest BCUT2D eigenvalue weighted by Gasteiger charge is 2.39. The van der Waals surface area contributed by atoms with Crippen molar-refractivity contribution < 1.29 is 23.8 Å². The predicted molar refractivity (Wildman–Crippen MR) is 182 cm³/mol. The molecule has 45 heavy (non-hydrogen) atoms. The van der Waals surface area contributed by atoms with Crippen LogP contribution in [-0.4, -0.2) is 51.3 Å². The highest BCUT2D eigenvalue weighted by atomic mass is 35.5. The summed E-state index contributed by atoms with van der Waals surface area (Å²) in [5, 5.41) is 3.98. The van der Waals surface area contributed by atoms with Gasteiger partial charge in [-0.2, -0.15) is 0 Å². The number of fused-ring (bicyclic) bond motifs is 1. The third-order valence-corrected chi connectivity index (χ3v) is 7.57. The number of amides is 2. The molecule has 4 rings (SSSR count). The molecule has 3 aromatic carbocycles. The van der Waals surface area contributed by atoms with Crippen molar-refractivity contribution in [1.29, 1.82) is 0 Å². The van der Waals surface area contributed by atoms with Crippen LogP contribution in [0.5, 0.6) is 11.5 Å². The summed E-state index contributed by atoms with van der Waals surface area (Å²) in [6, 6.07) is 21.4. The summed E-state index contributed by atoms with van der Waals surface area (Å²) in [4.78, 5) is 27.6. The topological polar surface area (TPSA) is 103 Å². The van der Waals surface area contributed by atoms with Gasteiger partial charge in [0.05, 0.1) is 20.1 Å². The predicted octanol–water partition coefficient (Wildman–Crippen LogP) is 6.50. The number of nitrogens with zero attached hydrogens (tertiary/aromatic N) is 1. The second-order valence-corrected chi connectivity index (χ2v) is 12.7. The van der Waals surface area contributed by atoms with Gasteiger partial charge in [0.25, 0.3) is 5.91 Å². The summed E-state index contributed by atoms with van der Waals surface area (Å²) in [5.41, 5.74) is 8.71. The number of halogens is 2. The first-order valence-corrected chi connectivity index (χ1v) is 15.5. The number of para-hydroxylation sites is 1. The fourth-order valence-corrected chi connectivity index (χ4v) is 5.58. The molecule has 0 aliphatic carbocycles. The lowest BCUT2D eigenvalue weighted by Gasteiger charge is -2.31. The summed E-state index contributed by atoms with van der Waals surface area (Å²) in [6.45, 7) is 8.81. The number of rotatable bonds is 14. The molecule has 1 heterocycles. The molecule has 3 aromatic rings. The van der Waals surface area contributed by atoms with Gasteiger partial charge in [0.15, 0.2) is 11.5 Å². The minimum atomic E-state index is -1.09. The Bertz CT molecular complexity index is 1410. The molecule has 0 saturated heterocycles. The van der Waals surface area contributed by atoms with E-state index >= 15 is 0 Å². The van der Waals surface area contributed by atoms with Gasteiger partial charge in [-0.05, 0) is 67.6 Å². The average Bonchev–Trinajstić information content (AvgIpc) is 3.08. The Morgan fingerprint density at radius 2 is 1.76 bits per heavy atom. The van der Waals surface area contributed by atoms with Crippen LogP contribution in [0.4, 0.5) is 5.69 Å². The Kier molecular flexibility index (Phi) is 13.5. The third kappa shape index (κ3) is 10.1. The Morgan fingerprint density at radius 1 is 1.02 bits per heavy atom. The standard InChI is InChI=1S/C35H44ClN3O5.ClH/c1-35(2,3)23-39-28-17-16-25(36)21-27(28)32(44-30(34(39)41)22-31(37)40)26-14-8-15-29(33(26)42-4)43-20-10-19-38-18-9-13-24-11-6-5-7-12-24;/h5-8,11-12,14-17,21,30,32,38H,9-10,13,18-20,22-23H2,1-4H3,(H2,37,40);1H/t30-,32-;/m1./s1. The quantitative estimate of drug-likeness (QED) is 0.192. The highest BCUT2D eigenvalue weighted by Crippen LogP contribution is 2.45. The van der Waals surface area contributed by atoms with Crippen molar-refractivity contribution in [3.8, 4) is 11.5 Å². The van der Waals surface area contributed by atoms with Crippen LogP contribution in [0.25, 0.3) is 0 Å². The van der Waals surface area contributed by atoms with E-state index in [4.69, 9.17) is 31.5 Å². The summed E-state index contributed by atoms with van der Waals surface area (Å²) in [5.74, 6) is 0.107. The second-order valence-electron chi connectivity index (χ2n) is 12.3. The number of hydrogen-bond donors (Lipinski definition) is 2. The Labute approximate surface area is 278 Å². The molecule has 0 saturated carbocycles. The lowest BCUT2D eigenvalue weighted by Crippen LogP contribution is -2.44. The molecule has 10 heteroatoms. The monoisotopic (exact) mass is 657 g/mol. The van der Waals surface area contributed by atoms with E-state index in [1.54, 1.807) is 24.1 Å². The Hall–Kier alpha value is -3.30. The van der Waals surface area contributed by atoms with E-state index in [1.807, 2.05) is 51.1 Å². The van der Waals surface area contributed by atoms with Gasteiger partial charge in [-0.15, -0.1) is 12.4 Å². The maximum absolute atomic E-state index is 13.8. The van der Waals surface area contributed by atoms with Crippen LogP contribution in [-0.2, 0) is 20.7 Å². The number of carbonyl (C=O) groups is 2. The molecular formula is C35H45Cl2N3O5. The van der Waals surface area contributed by atoms with E-state index in [1.165, 1.54) is 5.56 Å². The second kappa shape index (κ2) is 16.9. The largest absolute Gasteiger partial charge is 0.492 e. The SMILES string of the molecule is COc1c(OCCCNCCCc2ccccc2)cccc1[C@H]1O[C@H](CC(N)=O)C(=O)N(CC(C)(C)C)c2ccc(Cl)cc21.Cl.